The second kappa shape index (κ2) is 6.96. The van der Waals surface area contributed by atoms with Crippen molar-refractivity contribution in [1.29, 1.82) is 0 Å². The Hall–Kier alpha value is -1.01. The molecule has 0 saturated heterocycles. The maximum Gasteiger partial charge on any atom is 0.183 e. The van der Waals surface area contributed by atoms with E-state index in [-0.39, 0.29) is 5.60 Å². The summed E-state index contributed by atoms with van der Waals surface area (Å²) < 4.78 is 7.77. The average molecular weight is 267 g/mol. The molecule has 0 aliphatic heterocycles. The predicted octanol–water partition coefficient (Wildman–Crippen LogP) is 1.61. The number of tetrazole rings is 1. The van der Waals surface area contributed by atoms with Gasteiger partial charge >= 0.3 is 0 Å². The van der Waals surface area contributed by atoms with E-state index in [1.165, 1.54) is 25.7 Å². The minimum absolute atomic E-state index is 0.289. The molecule has 2 rings (SSSR count). The Labute approximate surface area is 114 Å². The number of aromatic nitrogens is 4. The highest BCUT2D eigenvalue weighted by Gasteiger charge is 2.37. The predicted molar refractivity (Wildman–Crippen MR) is 72.5 cm³/mol. The fraction of sp³-hybridized carbons (Fsp3) is 0.923. The minimum atomic E-state index is -0.289. The monoisotopic (exact) mass is 267 g/mol. The van der Waals surface area contributed by atoms with E-state index in [4.69, 9.17) is 10.5 Å². The van der Waals surface area contributed by atoms with E-state index in [1.807, 2.05) is 4.68 Å². The summed E-state index contributed by atoms with van der Waals surface area (Å²) in [6, 6.07) is 0. The highest BCUT2D eigenvalue weighted by molar-refractivity contribution is 5.01. The fourth-order valence-corrected chi connectivity index (χ4v) is 2.91. The van der Waals surface area contributed by atoms with Gasteiger partial charge in [-0.2, -0.15) is 0 Å². The molecule has 0 bridgehead atoms. The number of rotatable bonds is 6. The molecule has 0 aromatic carbocycles. The molecule has 0 spiro atoms. The van der Waals surface area contributed by atoms with E-state index in [1.54, 1.807) is 7.11 Å². The van der Waals surface area contributed by atoms with Crippen molar-refractivity contribution >= 4 is 0 Å². The van der Waals surface area contributed by atoms with Crippen LogP contribution in [0.15, 0.2) is 0 Å². The molecule has 0 amide bonds. The smallest absolute Gasteiger partial charge is 0.183 e. The van der Waals surface area contributed by atoms with Crippen LogP contribution >= 0.6 is 0 Å². The number of aryl methyl sites for hydroxylation is 1. The van der Waals surface area contributed by atoms with Crippen molar-refractivity contribution in [2.45, 2.75) is 63.5 Å². The summed E-state index contributed by atoms with van der Waals surface area (Å²) in [6.07, 6.45) is 8.96. The number of nitrogens with two attached hydrogens (primary N) is 1. The lowest BCUT2D eigenvalue weighted by Gasteiger charge is -2.29. The van der Waals surface area contributed by atoms with Crippen LogP contribution in [0, 0.1) is 0 Å². The molecule has 2 N–H and O–H groups in total. The third-order valence-electron chi connectivity index (χ3n) is 4.07. The molecule has 0 atom stereocenters. The van der Waals surface area contributed by atoms with Crippen LogP contribution in [-0.2, 0) is 16.9 Å². The number of ether oxygens (including phenoxy) is 1. The van der Waals surface area contributed by atoms with E-state index >= 15 is 0 Å². The molecule has 1 heterocycles. The Kier molecular flexibility index (Phi) is 5.27. The van der Waals surface area contributed by atoms with Gasteiger partial charge in [-0.3, -0.25) is 0 Å². The first-order valence-electron chi connectivity index (χ1n) is 7.34. The van der Waals surface area contributed by atoms with Gasteiger partial charge in [-0.25, -0.2) is 4.68 Å². The largest absolute Gasteiger partial charge is 0.370 e. The van der Waals surface area contributed by atoms with Gasteiger partial charge in [0.2, 0.25) is 0 Å². The van der Waals surface area contributed by atoms with E-state index in [0.29, 0.717) is 6.54 Å². The number of unbranched alkanes of at least 4 members (excludes halogenated alkanes) is 1. The summed E-state index contributed by atoms with van der Waals surface area (Å²) in [5, 5.41) is 12.2. The van der Waals surface area contributed by atoms with Gasteiger partial charge in [0.25, 0.3) is 0 Å². The summed E-state index contributed by atoms with van der Waals surface area (Å²) in [4.78, 5) is 0. The van der Waals surface area contributed by atoms with E-state index in [2.05, 4.69) is 15.5 Å². The van der Waals surface area contributed by atoms with Gasteiger partial charge in [0.05, 0.1) is 0 Å². The summed E-state index contributed by atoms with van der Waals surface area (Å²) in [6.45, 7) is 1.54. The Morgan fingerprint density at radius 3 is 2.58 bits per heavy atom. The highest BCUT2D eigenvalue weighted by Crippen LogP contribution is 2.37. The number of hydrogen-bond acceptors (Lipinski definition) is 5. The van der Waals surface area contributed by atoms with E-state index in [0.717, 1.165) is 38.1 Å². The summed E-state index contributed by atoms with van der Waals surface area (Å²) >= 11 is 0. The first kappa shape index (κ1) is 14.4. The Balaban J connectivity index is 2.15. The molecule has 1 aromatic heterocycles. The molecule has 1 saturated carbocycles. The molecule has 1 aliphatic carbocycles. The van der Waals surface area contributed by atoms with E-state index < -0.39 is 0 Å². The summed E-state index contributed by atoms with van der Waals surface area (Å²) in [7, 11) is 1.78. The fourth-order valence-electron chi connectivity index (χ4n) is 2.91. The zero-order valence-corrected chi connectivity index (χ0v) is 11.8. The molecule has 1 aliphatic rings. The van der Waals surface area contributed by atoms with Gasteiger partial charge in [-0.05, 0) is 42.7 Å². The minimum Gasteiger partial charge on any atom is -0.370 e. The standard InChI is InChI=1S/C13H25N5O/c1-19-13(8-4-2-3-5-9-13)12-15-16-17-18(12)11-7-6-10-14/h2-11,14H2,1H3. The van der Waals surface area contributed by atoms with Crippen molar-refractivity contribution in [3.8, 4) is 0 Å². The van der Waals surface area contributed by atoms with Crippen molar-refractivity contribution in [1.82, 2.24) is 20.2 Å². The van der Waals surface area contributed by atoms with Crippen LogP contribution in [-0.4, -0.2) is 33.9 Å². The average Bonchev–Trinajstić information content (AvgIpc) is 2.77. The molecule has 1 aromatic rings. The second-order valence-electron chi connectivity index (χ2n) is 5.33. The molecule has 19 heavy (non-hydrogen) atoms. The molecule has 6 heteroatoms. The Morgan fingerprint density at radius 2 is 1.95 bits per heavy atom. The molecular weight excluding hydrogens is 242 g/mol. The van der Waals surface area contributed by atoms with Crippen molar-refractivity contribution in [2.24, 2.45) is 5.73 Å². The quantitative estimate of drug-likeness (QED) is 0.625. The molecule has 0 radical (unpaired) electrons. The maximum atomic E-state index is 5.86. The zero-order valence-electron chi connectivity index (χ0n) is 11.8. The van der Waals surface area contributed by atoms with Crippen molar-refractivity contribution in [3.63, 3.8) is 0 Å². The van der Waals surface area contributed by atoms with Crippen LogP contribution in [0.1, 0.15) is 57.2 Å². The first-order chi connectivity index (χ1) is 9.32. The molecular formula is C13H25N5O. The molecule has 1 fully saturated rings. The third-order valence-corrected chi connectivity index (χ3v) is 4.07. The van der Waals surface area contributed by atoms with Gasteiger partial charge in [0.15, 0.2) is 5.82 Å². The summed E-state index contributed by atoms with van der Waals surface area (Å²) in [5.41, 5.74) is 5.25. The van der Waals surface area contributed by atoms with Crippen LogP contribution in [0.2, 0.25) is 0 Å². The second-order valence-corrected chi connectivity index (χ2v) is 5.33. The van der Waals surface area contributed by atoms with Crippen LogP contribution in [0.4, 0.5) is 0 Å². The van der Waals surface area contributed by atoms with Crippen molar-refractivity contribution in [3.05, 3.63) is 5.82 Å². The molecule has 6 nitrogen and oxygen atoms in total. The van der Waals surface area contributed by atoms with Gasteiger partial charge < -0.3 is 10.5 Å². The molecule has 108 valence electrons. The third kappa shape index (κ3) is 3.30. The van der Waals surface area contributed by atoms with E-state index in [9.17, 15) is 0 Å². The van der Waals surface area contributed by atoms with Crippen LogP contribution in [0.25, 0.3) is 0 Å². The topological polar surface area (TPSA) is 78.9 Å². The van der Waals surface area contributed by atoms with Crippen LogP contribution in [0.5, 0.6) is 0 Å². The lowest BCUT2D eigenvalue weighted by molar-refractivity contribution is -0.0387. The number of methoxy groups -OCH3 is 1. The molecule has 0 unspecified atom stereocenters. The maximum absolute atomic E-state index is 5.86. The first-order valence-corrected chi connectivity index (χ1v) is 7.34. The lowest BCUT2D eigenvalue weighted by atomic mass is 9.93. The normalized spacial score (nSPS) is 19.3. The van der Waals surface area contributed by atoms with Gasteiger partial charge in [0, 0.05) is 13.7 Å². The number of hydrogen-bond donors (Lipinski definition) is 1. The van der Waals surface area contributed by atoms with Gasteiger partial charge in [0.1, 0.15) is 5.60 Å². The van der Waals surface area contributed by atoms with Crippen molar-refractivity contribution in [2.75, 3.05) is 13.7 Å². The van der Waals surface area contributed by atoms with Crippen LogP contribution in [0.3, 0.4) is 0 Å². The highest BCUT2D eigenvalue weighted by atomic mass is 16.5. The SMILES string of the molecule is COC1(c2nnnn2CCCCN)CCCCCC1. The van der Waals surface area contributed by atoms with Gasteiger partial charge in [-0.15, -0.1) is 5.10 Å². The lowest BCUT2D eigenvalue weighted by Crippen LogP contribution is -2.32. The van der Waals surface area contributed by atoms with Crippen molar-refractivity contribution < 1.29 is 4.74 Å². The Morgan fingerprint density at radius 1 is 1.21 bits per heavy atom. The zero-order chi connectivity index (χ0) is 13.6. The summed E-state index contributed by atoms with van der Waals surface area (Å²) in [5.74, 6) is 0.897. The number of nitrogens with zero attached hydrogens (tertiary/aromatic N) is 4. The Bertz CT molecular complexity index is 371. The van der Waals surface area contributed by atoms with Gasteiger partial charge in [-0.1, -0.05) is 25.7 Å². The van der Waals surface area contributed by atoms with Crippen LogP contribution < -0.4 is 5.73 Å².